The summed E-state index contributed by atoms with van der Waals surface area (Å²) in [7, 11) is 0. The molecule has 2 aromatic heterocycles. The Kier molecular flexibility index (Phi) is 4.47. The Labute approximate surface area is 151 Å². The molecule has 0 unspecified atom stereocenters. The normalized spacial score (nSPS) is 14.4. The van der Waals surface area contributed by atoms with E-state index < -0.39 is 0 Å². The molecule has 0 spiro atoms. The van der Waals surface area contributed by atoms with Gasteiger partial charge < -0.3 is 4.90 Å². The van der Waals surface area contributed by atoms with Crippen molar-refractivity contribution in [2.24, 2.45) is 0 Å². The average Bonchev–Trinajstić information content (AvgIpc) is 3.27. The third-order valence-corrected chi connectivity index (χ3v) is 4.59. The summed E-state index contributed by atoms with van der Waals surface area (Å²) in [4.78, 5) is 16.0. The van der Waals surface area contributed by atoms with Crippen molar-refractivity contribution in [2.75, 3.05) is 13.1 Å². The van der Waals surface area contributed by atoms with Crippen LogP contribution in [-0.2, 0) is 13.0 Å². The monoisotopic (exact) mass is 351 g/mol. The van der Waals surface area contributed by atoms with Crippen molar-refractivity contribution in [3.05, 3.63) is 59.7 Å². The van der Waals surface area contributed by atoms with Crippen molar-refractivity contribution in [1.82, 2.24) is 34.9 Å². The van der Waals surface area contributed by atoms with E-state index in [1.165, 1.54) is 5.56 Å². The van der Waals surface area contributed by atoms with Crippen molar-refractivity contribution in [3.63, 3.8) is 0 Å². The lowest BCUT2D eigenvalue weighted by atomic mass is 10.0. The summed E-state index contributed by atoms with van der Waals surface area (Å²) in [6.45, 7) is 3.95. The third-order valence-electron chi connectivity index (χ3n) is 4.59. The lowest BCUT2D eigenvalue weighted by Crippen LogP contribution is -2.50. The maximum atomic E-state index is 12.6. The Balaban J connectivity index is 1.33. The van der Waals surface area contributed by atoms with E-state index >= 15 is 0 Å². The van der Waals surface area contributed by atoms with Crippen LogP contribution in [0.2, 0.25) is 0 Å². The predicted octanol–water partition coefficient (Wildman–Crippen LogP) is 1.57. The first kappa shape index (κ1) is 16.4. The van der Waals surface area contributed by atoms with Crippen molar-refractivity contribution >= 4 is 5.91 Å². The van der Waals surface area contributed by atoms with Gasteiger partial charge in [0, 0.05) is 18.7 Å². The zero-order valence-corrected chi connectivity index (χ0v) is 14.7. The number of aryl methyl sites for hydroxylation is 1. The summed E-state index contributed by atoms with van der Waals surface area (Å²) in [5, 5.41) is 16.5. The van der Waals surface area contributed by atoms with Gasteiger partial charge in [-0.3, -0.25) is 4.79 Å². The van der Waals surface area contributed by atoms with Gasteiger partial charge in [0.1, 0.15) is 12.2 Å². The number of carbonyl (C=O) groups is 1. The maximum absolute atomic E-state index is 12.6. The Morgan fingerprint density at radius 3 is 2.58 bits per heavy atom. The summed E-state index contributed by atoms with van der Waals surface area (Å²) in [5.41, 5.74) is 2.82. The minimum atomic E-state index is 0.0744. The van der Waals surface area contributed by atoms with E-state index in [9.17, 15) is 4.79 Å². The average molecular weight is 351 g/mol. The largest absolute Gasteiger partial charge is 0.334 e. The molecule has 0 saturated carbocycles. The zero-order valence-electron chi connectivity index (χ0n) is 14.7. The van der Waals surface area contributed by atoms with Gasteiger partial charge in [0.15, 0.2) is 0 Å². The number of likely N-dealkylation sites (tertiary alicyclic amines) is 1. The second-order valence-electron chi connectivity index (χ2n) is 6.56. The van der Waals surface area contributed by atoms with E-state index in [0.717, 1.165) is 24.1 Å². The molecule has 1 amide bonds. The first-order chi connectivity index (χ1) is 12.7. The lowest BCUT2D eigenvalue weighted by molar-refractivity contribution is 0.0498. The molecule has 1 saturated heterocycles. The summed E-state index contributed by atoms with van der Waals surface area (Å²) in [6.07, 6.45) is 7.32. The van der Waals surface area contributed by atoms with Gasteiger partial charge in [-0.1, -0.05) is 30.7 Å². The lowest BCUT2D eigenvalue weighted by Gasteiger charge is -2.38. The fourth-order valence-corrected chi connectivity index (χ4v) is 3.11. The second-order valence-corrected chi connectivity index (χ2v) is 6.56. The summed E-state index contributed by atoms with van der Waals surface area (Å²) in [5.74, 6) is 0.0744. The Morgan fingerprint density at radius 1 is 1.15 bits per heavy atom. The molecule has 4 rings (SSSR count). The predicted molar refractivity (Wildman–Crippen MR) is 94.5 cm³/mol. The van der Waals surface area contributed by atoms with Gasteiger partial charge in [0.25, 0.3) is 5.91 Å². The van der Waals surface area contributed by atoms with Gasteiger partial charge in [-0.05, 0) is 24.1 Å². The molecule has 3 aromatic rings. The van der Waals surface area contributed by atoms with Crippen LogP contribution in [0.5, 0.6) is 0 Å². The van der Waals surface area contributed by atoms with Crippen molar-refractivity contribution in [3.8, 4) is 0 Å². The summed E-state index contributed by atoms with van der Waals surface area (Å²) in [6, 6.07) is 8.10. The van der Waals surface area contributed by atoms with Gasteiger partial charge in [0.2, 0.25) is 0 Å². The summed E-state index contributed by atoms with van der Waals surface area (Å²) >= 11 is 0. The SMILES string of the molecule is CCCc1ccc(C(=O)N2CC(n3cc(Cn4nccn4)nn3)C2)cc1. The van der Waals surface area contributed by atoms with Crippen LogP contribution in [-0.4, -0.2) is 53.9 Å². The molecule has 1 aliphatic heterocycles. The molecule has 0 N–H and O–H groups in total. The van der Waals surface area contributed by atoms with Crippen molar-refractivity contribution < 1.29 is 4.79 Å². The van der Waals surface area contributed by atoms with Crippen molar-refractivity contribution in [1.29, 1.82) is 0 Å². The first-order valence-electron chi connectivity index (χ1n) is 8.86. The maximum Gasteiger partial charge on any atom is 0.253 e. The van der Waals surface area contributed by atoms with Gasteiger partial charge in [-0.2, -0.15) is 15.0 Å². The van der Waals surface area contributed by atoms with Gasteiger partial charge >= 0.3 is 0 Å². The van der Waals surface area contributed by atoms with E-state index in [1.807, 2.05) is 40.0 Å². The van der Waals surface area contributed by atoms with E-state index in [4.69, 9.17) is 0 Å². The molecule has 8 nitrogen and oxygen atoms in total. The fourth-order valence-electron chi connectivity index (χ4n) is 3.11. The van der Waals surface area contributed by atoms with E-state index in [0.29, 0.717) is 19.6 Å². The number of benzene rings is 1. The third kappa shape index (κ3) is 3.35. The summed E-state index contributed by atoms with van der Waals surface area (Å²) < 4.78 is 1.83. The molecule has 0 atom stereocenters. The van der Waals surface area contributed by atoms with E-state index in [1.54, 1.807) is 17.2 Å². The minimum Gasteiger partial charge on any atom is -0.334 e. The molecule has 8 heteroatoms. The molecule has 1 aliphatic rings. The molecule has 0 aliphatic carbocycles. The van der Waals surface area contributed by atoms with E-state index in [2.05, 4.69) is 27.4 Å². The smallest absolute Gasteiger partial charge is 0.253 e. The van der Waals surface area contributed by atoms with Crippen molar-refractivity contribution in [2.45, 2.75) is 32.4 Å². The number of nitrogens with zero attached hydrogens (tertiary/aromatic N) is 7. The zero-order chi connectivity index (χ0) is 17.9. The van der Waals surface area contributed by atoms with Crippen LogP contribution in [0, 0.1) is 0 Å². The number of carbonyl (C=O) groups excluding carboxylic acids is 1. The van der Waals surface area contributed by atoms with Crippen LogP contribution in [0.25, 0.3) is 0 Å². The highest BCUT2D eigenvalue weighted by molar-refractivity contribution is 5.94. The number of hydrogen-bond donors (Lipinski definition) is 0. The number of rotatable bonds is 6. The molecule has 26 heavy (non-hydrogen) atoms. The van der Waals surface area contributed by atoms with Gasteiger partial charge in [-0.25, -0.2) is 4.68 Å². The molecular weight excluding hydrogens is 330 g/mol. The van der Waals surface area contributed by atoms with Crippen LogP contribution in [0.1, 0.15) is 41.0 Å². The Bertz CT molecular complexity index is 863. The van der Waals surface area contributed by atoms with Gasteiger partial charge in [0.05, 0.1) is 24.6 Å². The molecule has 1 aromatic carbocycles. The quantitative estimate of drug-likeness (QED) is 0.673. The molecular formula is C18H21N7O. The number of aromatic nitrogens is 6. The van der Waals surface area contributed by atoms with Gasteiger partial charge in [-0.15, -0.1) is 5.10 Å². The van der Waals surface area contributed by atoms with E-state index in [-0.39, 0.29) is 11.9 Å². The highest BCUT2D eigenvalue weighted by atomic mass is 16.2. The highest BCUT2D eigenvalue weighted by Gasteiger charge is 2.33. The first-order valence-corrected chi connectivity index (χ1v) is 8.86. The van der Waals surface area contributed by atoms with Crippen LogP contribution in [0.3, 0.4) is 0 Å². The molecule has 1 fully saturated rings. The van der Waals surface area contributed by atoms with Crippen LogP contribution < -0.4 is 0 Å². The molecule has 0 bridgehead atoms. The minimum absolute atomic E-state index is 0.0744. The second kappa shape index (κ2) is 7.07. The highest BCUT2D eigenvalue weighted by Crippen LogP contribution is 2.23. The molecule has 0 radical (unpaired) electrons. The standard InChI is InChI=1S/C18H21N7O/c1-2-3-14-4-6-15(7-5-14)18(26)23-12-17(13-23)24-10-16(21-22-24)11-25-19-8-9-20-25/h4-10,17H,2-3,11-13H2,1H3. The topological polar surface area (TPSA) is 81.7 Å². The van der Waals surface area contributed by atoms with Crippen LogP contribution >= 0.6 is 0 Å². The molecule has 134 valence electrons. The fraction of sp³-hybridized carbons (Fsp3) is 0.389. The molecule has 3 heterocycles. The Morgan fingerprint density at radius 2 is 1.88 bits per heavy atom. The number of hydrogen-bond acceptors (Lipinski definition) is 5. The number of amides is 1. The van der Waals surface area contributed by atoms with Crippen LogP contribution in [0.15, 0.2) is 42.9 Å². The Hall–Kier alpha value is -3.03. The van der Waals surface area contributed by atoms with Crippen LogP contribution in [0.4, 0.5) is 0 Å².